The molecule has 3 unspecified atom stereocenters. The molecule has 0 aromatic carbocycles. The molecule has 1 aliphatic heterocycles. The number of rotatable bonds is 3. The van der Waals surface area contributed by atoms with Crippen molar-refractivity contribution < 1.29 is 20.0 Å². The number of nitrogen functional groups attached to an aromatic ring is 1. The lowest BCUT2D eigenvalue weighted by molar-refractivity contribution is -0.264. The molecule has 0 radical (unpaired) electrons. The van der Waals surface area contributed by atoms with Crippen molar-refractivity contribution in [3.8, 4) is 0 Å². The number of anilines is 1. The van der Waals surface area contributed by atoms with Crippen LogP contribution in [0.2, 0.25) is 0 Å². The Kier molecular flexibility index (Phi) is 3.14. The predicted octanol–water partition coefficient (Wildman–Crippen LogP) is -1.16. The van der Waals surface area contributed by atoms with Gasteiger partial charge in [-0.15, -0.1) is 0 Å². The van der Waals surface area contributed by atoms with Crippen molar-refractivity contribution in [2.24, 2.45) is 0 Å². The van der Waals surface area contributed by atoms with E-state index < -0.39 is 24.0 Å². The van der Waals surface area contributed by atoms with Crippen LogP contribution in [0.25, 0.3) is 11.2 Å². The summed E-state index contributed by atoms with van der Waals surface area (Å²) in [6.45, 7) is -0.152. The molecule has 0 saturated carbocycles. The van der Waals surface area contributed by atoms with E-state index in [-0.39, 0.29) is 30.1 Å². The van der Waals surface area contributed by atoms with Gasteiger partial charge in [-0.3, -0.25) is 19.6 Å². The monoisotopic (exact) mass is 283 g/mol. The Morgan fingerprint density at radius 3 is 3.20 bits per heavy atom. The van der Waals surface area contributed by atoms with Crippen LogP contribution in [0, 0.1) is 0 Å². The fourth-order valence-electron chi connectivity index (χ4n) is 2.26. The van der Waals surface area contributed by atoms with Crippen LogP contribution >= 0.6 is 0 Å². The van der Waals surface area contributed by atoms with Crippen LogP contribution in [0.5, 0.6) is 0 Å². The van der Waals surface area contributed by atoms with Gasteiger partial charge in [0.15, 0.2) is 11.2 Å². The Hall–Kier alpha value is -2.01. The second kappa shape index (κ2) is 4.83. The molecule has 3 rings (SSSR count). The molecule has 10 nitrogen and oxygen atoms in total. The van der Waals surface area contributed by atoms with Gasteiger partial charge in [0.25, 0.3) is 5.56 Å². The second-order valence-corrected chi connectivity index (χ2v) is 4.50. The summed E-state index contributed by atoms with van der Waals surface area (Å²) in [5.74, 6) is -0.0296. The molecule has 2 aromatic rings. The highest BCUT2D eigenvalue weighted by Crippen LogP contribution is 2.30. The number of aliphatic hydroxyl groups is 1. The summed E-state index contributed by atoms with van der Waals surface area (Å²) in [6.07, 6.45) is -0.380. The minimum Gasteiger partial charge on any atom is -0.390 e. The molecule has 20 heavy (non-hydrogen) atoms. The molecule has 0 spiro atoms. The number of nitrogens with zero attached hydrogens (tertiary/aromatic N) is 3. The first-order valence-electron chi connectivity index (χ1n) is 5.92. The standard InChI is InChI=1S/C10H13N5O5/c11-10-13-8-7(9(17)14-10)12-3-15(8)6-1-4(16)5(20-6)2-19-18/h3-6,16,18H,1-2H2,(H3,11,13,14,17). The molecule has 2 aromatic heterocycles. The maximum absolute atomic E-state index is 11.7. The molecular weight excluding hydrogens is 270 g/mol. The Morgan fingerprint density at radius 2 is 2.45 bits per heavy atom. The zero-order valence-corrected chi connectivity index (χ0v) is 10.3. The van der Waals surface area contributed by atoms with E-state index >= 15 is 0 Å². The van der Waals surface area contributed by atoms with Gasteiger partial charge >= 0.3 is 0 Å². The Balaban J connectivity index is 1.98. The van der Waals surface area contributed by atoms with Gasteiger partial charge in [0.2, 0.25) is 5.95 Å². The number of fused-ring (bicyclic) bond motifs is 1. The quantitative estimate of drug-likeness (QED) is 0.407. The number of imidazole rings is 1. The second-order valence-electron chi connectivity index (χ2n) is 4.50. The molecule has 1 fully saturated rings. The van der Waals surface area contributed by atoms with E-state index in [1.807, 2.05) is 0 Å². The number of nitrogens with one attached hydrogen (secondary N) is 1. The molecule has 3 heterocycles. The highest BCUT2D eigenvalue weighted by atomic mass is 17.1. The topological polar surface area (TPSA) is 149 Å². The van der Waals surface area contributed by atoms with E-state index in [0.29, 0.717) is 0 Å². The maximum atomic E-state index is 11.7. The lowest BCUT2D eigenvalue weighted by atomic mass is 10.2. The Morgan fingerprint density at radius 1 is 1.65 bits per heavy atom. The third-order valence-corrected chi connectivity index (χ3v) is 3.20. The molecule has 108 valence electrons. The van der Waals surface area contributed by atoms with Gasteiger partial charge in [0.1, 0.15) is 18.9 Å². The minimum absolute atomic E-state index is 0.0296. The summed E-state index contributed by atoms with van der Waals surface area (Å²) in [7, 11) is 0. The van der Waals surface area contributed by atoms with E-state index in [1.165, 1.54) is 10.9 Å². The fraction of sp³-hybridized carbons (Fsp3) is 0.500. The van der Waals surface area contributed by atoms with Crippen LogP contribution < -0.4 is 11.3 Å². The molecular formula is C10H13N5O5. The lowest BCUT2D eigenvalue weighted by Crippen LogP contribution is -2.25. The normalized spacial score (nSPS) is 26.4. The van der Waals surface area contributed by atoms with Gasteiger partial charge in [0, 0.05) is 6.42 Å². The van der Waals surface area contributed by atoms with E-state index in [2.05, 4.69) is 19.8 Å². The highest BCUT2D eigenvalue weighted by molar-refractivity contribution is 5.70. The zero-order valence-electron chi connectivity index (χ0n) is 10.3. The Labute approximate surface area is 111 Å². The van der Waals surface area contributed by atoms with Crippen molar-refractivity contribution >= 4 is 17.1 Å². The molecule has 0 bridgehead atoms. The first-order valence-corrected chi connectivity index (χ1v) is 5.92. The molecule has 10 heteroatoms. The van der Waals surface area contributed by atoms with Gasteiger partial charge in [-0.05, 0) is 0 Å². The SMILES string of the molecule is Nc1nc2c(ncn2C2CC(O)C(COO)O2)c(=O)[nH]1. The van der Waals surface area contributed by atoms with Crippen LogP contribution in [0.3, 0.4) is 0 Å². The van der Waals surface area contributed by atoms with E-state index in [9.17, 15) is 9.90 Å². The maximum Gasteiger partial charge on any atom is 0.280 e. The van der Waals surface area contributed by atoms with E-state index in [4.69, 9.17) is 15.7 Å². The summed E-state index contributed by atoms with van der Waals surface area (Å²) in [5, 5.41) is 18.2. The molecule has 0 amide bonds. The summed E-state index contributed by atoms with van der Waals surface area (Å²) >= 11 is 0. The molecule has 5 N–H and O–H groups in total. The highest BCUT2D eigenvalue weighted by Gasteiger charge is 2.36. The summed E-state index contributed by atoms with van der Waals surface area (Å²) in [4.78, 5) is 26.0. The fourth-order valence-corrected chi connectivity index (χ4v) is 2.26. The number of hydrogen-bond donors (Lipinski definition) is 4. The number of aromatic nitrogens is 4. The predicted molar refractivity (Wildman–Crippen MR) is 65.7 cm³/mol. The van der Waals surface area contributed by atoms with E-state index in [0.717, 1.165) is 0 Å². The first-order chi connectivity index (χ1) is 9.60. The molecule has 1 saturated heterocycles. The number of hydrogen-bond acceptors (Lipinski definition) is 8. The third kappa shape index (κ3) is 2.04. The van der Waals surface area contributed by atoms with Crippen LogP contribution in [0.1, 0.15) is 12.6 Å². The van der Waals surface area contributed by atoms with Gasteiger partial charge < -0.3 is 15.6 Å². The van der Waals surface area contributed by atoms with E-state index in [1.54, 1.807) is 0 Å². The van der Waals surface area contributed by atoms with Crippen LogP contribution in [0.15, 0.2) is 11.1 Å². The van der Waals surface area contributed by atoms with Crippen LogP contribution in [-0.2, 0) is 9.62 Å². The number of ether oxygens (including phenoxy) is 1. The van der Waals surface area contributed by atoms with Crippen molar-refractivity contribution in [3.05, 3.63) is 16.7 Å². The average molecular weight is 283 g/mol. The largest absolute Gasteiger partial charge is 0.390 e. The number of aliphatic hydroxyl groups excluding tert-OH is 1. The summed E-state index contributed by atoms with van der Waals surface area (Å²) in [5.41, 5.74) is 5.47. The number of nitrogens with two attached hydrogens (primary N) is 1. The Bertz CT molecular complexity index is 682. The summed E-state index contributed by atoms with van der Waals surface area (Å²) in [6, 6.07) is 0. The lowest BCUT2D eigenvalue weighted by Gasteiger charge is -2.14. The molecule has 3 atom stereocenters. The van der Waals surface area contributed by atoms with Gasteiger partial charge in [-0.1, -0.05) is 0 Å². The van der Waals surface area contributed by atoms with Gasteiger partial charge in [0.05, 0.1) is 12.4 Å². The summed E-state index contributed by atoms with van der Waals surface area (Å²) < 4.78 is 7.06. The first kappa shape index (κ1) is 13.0. The van der Waals surface area contributed by atoms with Crippen LogP contribution in [-0.4, -0.2) is 48.7 Å². The molecule has 0 aliphatic carbocycles. The van der Waals surface area contributed by atoms with Gasteiger partial charge in [-0.2, -0.15) is 4.98 Å². The van der Waals surface area contributed by atoms with Crippen molar-refractivity contribution in [1.82, 2.24) is 19.5 Å². The average Bonchev–Trinajstić information content (AvgIpc) is 2.94. The minimum atomic E-state index is -0.802. The van der Waals surface area contributed by atoms with Crippen molar-refractivity contribution in [2.75, 3.05) is 12.3 Å². The smallest absolute Gasteiger partial charge is 0.280 e. The van der Waals surface area contributed by atoms with Crippen molar-refractivity contribution in [1.29, 1.82) is 0 Å². The van der Waals surface area contributed by atoms with Crippen molar-refractivity contribution in [2.45, 2.75) is 24.9 Å². The third-order valence-electron chi connectivity index (χ3n) is 3.20. The van der Waals surface area contributed by atoms with Crippen LogP contribution in [0.4, 0.5) is 5.95 Å². The van der Waals surface area contributed by atoms with Crippen molar-refractivity contribution in [3.63, 3.8) is 0 Å². The number of H-pyrrole nitrogens is 1. The zero-order chi connectivity index (χ0) is 14.3. The van der Waals surface area contributed by atoms with Gasteiger partial charge in [-0.25, -0.2) is 9.87 Å². The molecule has 1 aliphatic rings. The number of aromatic amines is 1.